The number of hydrogen-bond acceptors (Lipinski definition) is 4. The van der Waals surface area contributed by atoms with Crippen molar-refractivity contribution in [2.45, 2.75) is 39.0 Å². The number of aryl methyl sites for hydroxylation is 1. The molecule has 0 radical (unpaired) electrons. The third kappa shape index (κ3) is 4.13. The first kappa shape index (κ1) is 20.6. The van der Waals surface area contributed by atoms with Crippen LogP contribution in [-0.4, -0.2) is 35.1 Å². The Morgan fingerprint density at radius 3 is 2.67 bits per heavy atom. The number of methoxy groups -OCH3 is 2. The summed E-state index contributed by atoms with van der Waals surface area (Å²) in [5.41, 5.74) is 2.42. The van der Waals surface area contributed by atoms with Gasteiger partial charge in [-0.25, -0.2) is 0 Å². The summed E-state index contributed by atoms with van der Waals surface area (Å²) in [7, 11) is 3.43. The Balaban J connectivity index is 1.59. The van der Waals surface area contributed by atoms with Gasteiger partial charge in [0, 0.05) is 12.8 Å². The van der Waals surface area contributed by atoms with Gasteiger partial charge in [0.25, 0.3) is 0 Å². The molecule has 0 spiro atoms. The Morgan fingerprint density at radius 1 is 1.13 bits per heavy atom. The van der Waals surface area contributed by atoms with Gasteiger partial charge in [0.1, 0.15) is 23.4 Å². The maximum Gasteiger partial charge on any atom is 0.203 e. The molecule has 0 aliphatic carbocycles. The van der Waals surface area contributed by atoms with Crippen LogP contribution in [0, 0.1) is 11.7 Å². The summed E-state index contributed by atoms with van der Waals surface area (Å²) >= 11 is 5.80. The highest BCUT2D eigenvalue weighted by molar-refractivity contribution is 7.71. The van der Waals surface area contributed by atoms with Crippen LogP contribution < -0.4 is 14.4 Å². The van der Waals surface area contributed by atoms with Gasteiger partial charge in [0.2, 0.25) is 4.77 Å². The van der Waals surface area contributed by atoms with Crippen LogP contribution in [0.25, 0.3) is 0 Å². The van der Waals surface area contributed by atoms with Crippen LogP contribution in [0.4, 0.5) is 0 Å². The van der Waals surface area contributed by atoms with Gasteiger partial charge in [-0.05, 0) is 42.9 Å². The van der Waals surface area contributed by atoms with Crippen molar-refractivity contribution in [3.63, 3.8) is 0 Å². The number of nitrogens with one attached hydrogen (secondary N) is 1. The van der Waals surface area contributed by atoms with Gasteiger partial charge in [0.15, 0.2) is 6.67 Å². The molecule has 0 saturated carbocycles. The zero-order valence-electron chi connectivity index (χ0n) is 17.8. The van der Waals surface area contributed by atoms with Gasteiger partial charge in [-0.2, -0.15) is 9.78 Å². The average molecular weight is 426 g/mol. The van der Waals surface area contributed by atoms with E-state index in [0.29, 0.717) is 6.04 Å². The largest absolute Gasteiger partial charge is 0.497 e. The van der Waals surface area contributed by atoms with E-state index in [0.717, 1.165) is 54.7 Å². The van der Waals surface area contributed by atoms with Crippen molar-refractivity contribution >= 4 is 12.2 Å². The number of nitrogens with zero attached hydrogens (tertiary/aromatic N) is 3. The monoisotopic (exact) mass is 425 g/mol. The van der Waals surface area contributed by atoms with Crippen LogP contribution in [-0.2, 0) is 13.2 Å². The summed E-state index contributed by atoms with van der Waals surface area (Å²) in [6.07, 6.45) is 2.27. The van der Waals surface area contributed by atoms with Gasteiger partial charge in [-0.1, -0.05) is 30.3 Å². The first-order valence-electron chi connectivity index (χ1n) is 10.4. The Labute approximate surface area is 182 Å². The number of rotatable bonds is 7. The van der Waals surface area contributed by atoms with Crippen LogP contribution in [0.2, 0.25) is 0 Å². The summed E-state index contributed by atoms with van der Waals surface area (Å²) < 4.78 is 16.0. The van der Waals surface area contributed by atoms with Crippen molar-refractivity contribution in [1.29, 1.82) is 0 Å². The third-order valence-corrected chi connectivity index (χ3v) is 6.37. The van der Waals surface area contributed by atoms with Crippen molar-refractivity contribution in [3.05, 3.63) is 70.3 Å². The van der Waals surface area contributed by atoms with E-state index in [2.05, 4.69) is 34.9 Å². The second-order valence-corrected chi connectivity index (χ2v) is 8.14. The lowest BCUT2D eigenvalue weighted by Crippen LogP contribution is -3.09. The molecule has 30 heavy (non-hydrogen) atoms. The number of ether oxygens (including phenoxy) is 2. The fourth-order valence-electron chi connectivity index (χ4n) is 4.38. The molecule has 1 fully saturated rings. The van der Waals surface area contributed by atoms with Crippen molar-refractivity contribution < 1.29 is 14.4 Å². The number of quaternary nitrogens is 1. The predicted octanol–water partition coefficient (Wildman–Crippen LogP) is 3.17. The molecule has 158 valence electrons. The van der Waals surface area contributed by atoms with Crippen LogP contribution in [0.5, 0.6) is 11.5 Å². The molecule has 4 rings (SSSR count). The average Bonchev–Trinajstić information content (AvgIpc) is 3.34. The second kappa shape index (κ2) is 9.02. The Bertz CT molecular complexity index is 1060. The SMILES string of the molecule is COc1ccc(OC)c([C@H]2CCC[NH+]2Cn2nc(C)n(Cc3ccccc3)c2=S)c1. The van der Waals surface area contributed by atoms with E-state index in [9.17, 15) is 0 Å². The van der Waals surface area contributed by atoms with Crippen LogP contribution in [0.3, 0.4) is 0 Å². The molecule has 2 heterocycles. The molecule has 0 bridgehead atoms. The molecule has 1 aliphatic rings. The third-order valence-electron chi connectivity index (χ3n) is 5.94. The predicted molar refractivity (Wildman–Crippen MR) is 119 cm³/mol. The van der Waals surface area contributed by atoms with E-state index in [4.69, 9.17) is 26.8 Å². The standard InChI is InChI=1S/C23H28N4O2S/c1-17-24-27(23(30)26(17)15-18-8-5-4-6-9-18)16-25-13-7-10-21(25)20-14-19(28-2)11-12-22(20)29-3/h4-6,8-9,11-12,14,21H,7,10,13,15-16H2,1-3H3/p+1/t21-/m1/s1. The maximum absolute atomic E-state index is 5.80. The summed E-state index contributed by atoms with van der Waals surface area (Å²) in [6, 6.07) is 16.8. The Hall–Kier alpha value is -2.64. The normalized spacial score (nSPS) is 18.5. The van der Waals surface area contributed by atoms with Crippen molar-refractivity contribution in [2.75, 3.05) is 20.8 Å². The smallest absolute Gasteiger partial charge is 0.203 e. The fourth-order valence-corrected chi connectivity index (χ4v) is 4.68. The highest BCUT2D eigenvalue weighted by Crippen LogP contribution is 2.31. The Kier molecular flexibility index (Phi) is 6.20. The summed E-state index contributed by atoms with van der Waals surface area (Å²) in [5.74, 6) is 2.71. The molecule has 1 aliphatic heterocycles. The molecule has 1 saturated heterocycles. The number of aromatic nitrogens is 3. The molecular weight excluding hydrogens is 396 g/mol. The van der Waals surface area contributed by atoms with Crippen molar-refractivity contribution in [3.8, 4) is 11.5 Å². The molecule has 3 aromatic rings. The topological polar surface area (TPSA) is 45.6 Å². The minimum atomic E-state index is 0.330. The molecule has 0 amide bonds. The van der Waals surface area contributed by atoms with Crippen LogP contribution in [0.15, 0.2) is 48.5 Å². The summed E-state index contributed by atoms with van der Waals surface area (Å²) in [6.45, 7) is 4.59. The van der Waals surface area contributed by atoms with E-state index in [1.54, 1.807) is 14.2 Å². The zero-order chi connectivity index (χ0) is 21.1. The van der Waals surface area contributed by atoms with Gasteiger partial charge >= 0.3 is 0 Å². The van der Waals surface area contributed by atoms with E-state index < -0.39 is 0 Å². The minimum Gasteiger partial charge on any atom is -0.497 e. The molecule has 1 aromatic heterocycles. The molecule has 2 atom stereocenters. The van der Waals surface area contributed by atoms with E-state index in [1.807, 2.05) is 29.8 Å². The zero-order valence-corrected chi connectivity index (χ0v) is 18.6. The molecule has 6 nitrogen and oxygen atoms in total. The summed E-state index contributed by atoms with van der Waals surface area (Å²) in [4.78, 5) is 1.45. The van der Waals surface area contributed by atoms with Crippen LogP contribution >= 0.6 is 12.2 Å². The van der Waals surface area contributed by atoms with E-state index in [-0.39, 0.29) is 0 Å². The number of benzene rings is 2. The van der Waals surface area contributed by atoms with E-state index >= 15 is 0 Å². The van der Waals surface area contributed by atoms with Gasteiger partial charge in [-0.3, -0.25) is 4.57 Å². The molecule has 1 N–H and O–H groups in total. The maximum atomic E-state index is 5.80. The molecule has 1 unspecified atom stereocenters. The molecule has 7 heteroatoms. The Morgan fingerprint density at radius 2 is 1.93 bits per heavy atom. The van der Waals surface area contributed by atoms with Gasteiger partial charge in [0.05, 0.1) is 32.9 Å². The lowest BCUT2D eigenvalue weighted by Gasteiger charge is -2.23. The highest BCUT2D eigenvalue weighted by Gasteiger charge is 2.33. The lowest BCUT2D eigenvalue weighted by molar-refractivity contribution is -0.941. The molecular formula is C23H29N4O2S+. The minimum absolute atomic E-state index is 0.330. The molecule has 2 aromatic carbocycles. The van der Waals surface area contributed by atoms with E-state index in [1.165, 1.54) is 16.0 Å². The van der Waals surface area contributed by atoms with Crippen molar-refractivity contribution in [2.24, 2.45) is 0 Å². The quantitative estimate of drug-likeness (QED) is 0.591. The first-order valence-corrected chi connectivity index (χ1v) is 10.8. The summed E-state index contributed by atoms with van der Waals surface area (Å²) in [5, 5.41) is 4.77. The van der Waals surface area contributed by atoms with Crippen molar-refractivity contribution in [1.82, 2.24) is 14.3 Å². The van der Waals surface area contributed by atoms with Crippen LogP contribution in [0.1, 0.15) is 35.8 Å². The second-order valence-electron chi connectivity index (χ2n) is 7.77. The fraction of sp³-hybridized carbons (Fsp3) is 0.391. The number of hydrogen-bond donors (Lipinski definition) is 1. The highest BCUT2D eigenvalue weighted by atomic mass is 32.1. The lowest BCUT2D eigenvalue weighted by atomic mass is 10.0. The number of likely N-dealkylation sites (tertiary alicyclic amines) is 1. The van der Waals surface area contributed by atoms with Gasteiger partial charge < -0.3 is 14.4 Å². The van der Waals surface area contributed by atoms with Gasteiger partial charge in [-0.15, -0.1) is 0 Å². The first-order chi connectivity index (χ1) is 14.6.